The van der Waals surface area contributed by atoms with Crippen LogP contribution in [-0.4, -0.2) is 24.3 Å². The van der Waals surface area contributed by atoms with Crippen molar-refractivity contribution in [2.24, 2.45) is 11.7 Å². The molecule has 1 atom stereocenters. The minimum absolute atomic E-state index is 0.473. The Bertz CT molecular complexity index is 212. The maximum atomic E-state index is 11.3. The van der Waals surface area contributed by atoms with Crippen molar-refractivity contribution in [2.45, 2.75) is 32.2 Å². The van der Waals surface area contributed by atoms with E-state index >= 15 is 0 Å². The maximum absolute atomic E-state index is 11.3. The third-order valence-corrected chi connectivity index (χ3v) is 2.18. The van der Waals surface area contributed by atoms with E-state index in [1.807, 2.05) is 0 Å². The molecule has 0 radical (unpaired) electrons. The van der Waals surface area contributed by atoms with Crippen molar-refractivity contribution in [3.05, 3.63) is 0 Å². The average molecular weight is 184 g/mol. The zero-order valence-electron chi connectivity index (χ0n) is 7.88. The van der Waals surface area contributed by atoms with Gasteiger partial charge in [0.1, 0.15) is 0 Å². The lowest BCUT2D eigenvalue weighted by molar-refractivity contribution is -0.138. The van der Waals surface area contributed by atoms with Crippen LogP contribution < -0.4 is 11.1 Å². The smallest absolute Gasteiger partial charge is 0.289 e. The molecule has 0 aromatic rings. The molecule has 74 valence electrons. The summed E-state index contributed by atoms with van der Waals surface area (Å²) in [6.45, 7) is 2.25. The maximum Gasteiger partial charge on any atom is 0.289 e. The van der Waals surface area contributed by atoms with Crippen molar-refractivity contribution < 1.29 is 9.59 Å². The van der Waals surface area contributed by atoms with Gasteiger partial charge in [-0.15, -0.1) is 0 Å². The van der Waals surface area contributed by atoms with Crippen LogP contribution in [0.4, 0.5) is 0 Å². The highest BCUT2D eigenvalue weighted by Gasteiger charge is 2.29. The number of Topliss-reactive ketones (excluding diaryl/α,β-unsaturated/α-hetero) is 1. The highest BCUT2D eigenvalue weighted by molar-refractivity contribution is 6.38. The molecule has 0 aromatic carbocycles. The molecular weight excluding hydrogens is 168 g/mol. The van der Waals surface area contributed by atoms with Crippen LogP contribution in [0.5, 0.6) is 0 Å². The molecule has 13 heavy (non-hydrogen) atoms. The molecular formula is C9H16N2O2. The minimum atomic E-state index is -0.598. The van der Waals surface area contributed by atoms with Crippen molar-refractivity contribution in [2.75, 3.05) is 6.54 Å². The third-order valence-electron chi connectivity index (χ3n) is 2.18. The van der Waals surface area contributed by atoms with Gasteiger partial charge in [-0.2, -0.15) is 0 Å². The molecule has 0 saturated heterocycles. The van der Waals surface area contributed by atoms with Crippen molar-refractivity contribution in [3.63, 3.8) is 0 Å². The first-order valence-electron chi connectivity index (χ1n) is 4.72. The standard InChI is InChI=1S/C9H16N2O2/c1-2-11-9(13)8(12)7(10)5-6-3-4-6/h6-7H,2-5,10H2,1H3,(H,11,13)/t7-/m0/s1. The number of ketones is 1. The summed E-state index contributed by atoms with van der Waals surface area (Å²) in [5.41, 5.74) is 5.58. The predicted molar refractivity (Wildman–Crippen MR) is 49.0 cm³/mol. The number of rotatable bonds is 5. The van der Waals surface area contributed by atoms with E-state index in [1.165, 1.54) is 0 Å². The van der Waals surface area contributed by atoms with Crippen LogP contribution in [0.15, 0.2) is 0 Å². The largest absolute Gasteiger partial charge is 0.350 e. The van der Waals surface area contributed by atoms with Crippen LogP contribution in [0.3, 0.4) is 0 Å². The average Bonchev–Trinajstić information content (AvgIpc) is 2.87. The molecule has 1 amide bonds. The molecule has 0 bridgehead atoms. The van der Waals surface area contributed by atoms with Crippen LogP contribution in [0.1, 0.15) is 26.2 Å². The Balaban J connectivity index is 2.31. The highest BCUT2D eigenvalue weighted by atomic mass is 16.2. The van der Waals surface area contributed by atoms with E-state index < -0.39 is 17.7 Å². The van der Waals surface area contributed by atoms with Gasteiger partial charge < -0.3 is 11.1 Å². The van der Waals surface area contributed by atoms with Crippen molar-refractivity contribution >= 4 is 11.7 Å². The van der Waals surface area contributed by atoms with E-state index in [-0.39, 0.29) is 0 Å². The first-order valence-corrected chi connectivity index (χ1v) is 4.72. The van der Waals surface area contributed by atoms with Gasteiger partial charge in [0.15, 0.2) is 0 Å². The van der Waals surface area contributed by atoms with Crippen LogP contribution in [-0.2, 0) is 9.59 Å². The Morgan fingerprint density at radius 2 is 2.15 bits per heavy atom. The minimum Gasteiger partial charge on any atom is -0.350 e. The molecule has 1 fully saturated rings. The molecule has 1 aliphatic carbocycles. The predicted octanol–water partition coefficient (Wildman–Crippen LogP) is -0.181. The summed E-state index contributed by atoms with van der Waals surface area (Å²) < 4.78 is 0. The summed E-state index contributed by atoms with van der Waals surface area (Å²) in [5, 5.41) is 2.45. The number of likely N-dealkylation sites (N-methyl/N-ethyl adjacent to an activating group) is 1. The van der Waals surface area contributed by atoms with Gasteiger partial charge in [0.2, 0.25) is 5.78 Å². The second kappa shape index (κ2) is 4.37. The Morgan fingerprint density at radius 3 is 2.62 bits per heavy atom. The van der Waals surface area contributed by atoms with Crippen LogP contribution >= 0.6 is 0 Å². The van der Waals surface area contributed by atoms with Crippen molar-refractivity contribution in [1.82, 2.24) is 5.32 Å². The number of carbonyl (C=O) groups is 2. The summed E-state index contributed by atoms with van der Waals surface area (Å²) in [7, 11) is 0. The van der Waals surface area contributed by atoms with E-state index in [2.05, 4.69) is 5.32 Å². The molecule has 1 rings (SSSR count). The molecule has 0 heterocycles. The quantitative estimate of drug-likeness (QED) is 0.582. The monoisotopic (exact) mass is 184 g/mol. The summed E-state index contributed by atoms with van der Waals surface area (Å²) in [6.07, 6.45) is 2.96. The van der Waals surface area contributed by atoms with E-state index in [1.54, 1.807) is 6.92 Å². The first kappa shape index (κ1) is 10.2. The van der Waals surface area contributed by atoms with Gasteiger partial charge in [0.05, 0.1) is 6.04 Å². The van der Waals surface area contributed by atoms with Gasteiger partial charge in [0.25, 0.3) is 5.91 Å². The lowest BCUT2D eigenvalue weighted by Gasteiger charge is -2.08. The zero-order chi connectivity index (χ0) is 9.84. The summed E-state index contributed by atoms with van der Waals surface area (Å²) in [5.74, 6) is -0.447. The van der Waals surface area contributed by atoms with E-state index in [0.29, 0.717) is 18.9 Å². The van der Waals surface area contributed by atoms with E-state index in [0.717, 1.165) is 12.8 Å². The number of carbonyl (C=O) groups excluding carboxylic acids is 2. The second-order valence-corrected chi connectivity index (χ2v) is 3.51. The SMILES string of the molecule is CCNC(=O)C(=O)[C@@H](N)CC1CC1. The molecule has 3 N–H and O–H groups in total. The number of nitrogens with one attached hydrogen (secondary N) is 1. The molecule has 0 unspecified atom stereocenters. The lowest BCUT2D eigenvalue weighted by Crippen LogP contribution is -2.42. The fraction of sp³-hybridized carbons (Fsp3) is 0.778. The third kappa shape index (κ3) is 3.14. The van der Waals surface area contributed by atoms with Gasteiger partial charge >= 0.3 is 0 Å². The Morgan fingerprint density at radius 1 is 1.54 bits per heavy atom. The van der Waals surface area contributed by atoms with Crippen molar-refractivity contribution in [3.8, 4) is 0 Å². The van der Waals surface area contributed by atoms with Gasteiger partial charge in [-0.25, -0.2) is 0 Å². The normalized spacial score (nSPS) is 18.0. The van der Waals surface area contributed by atoms with E-state index in [4.69, 9.17) is 5.73 Å². The van der Waals surface area contributed by atoms with Crippen LogP contribution in [0.25, 0.3) is 0 Å². The molecule has 1 aliphatic rings. The van der Waals surface area contributed by atoms with Crippen LogP contribution in [0.2, 0.25) is 0 Å². The summed E-state index contributed by atoms with van der Waals surface area (Å²) >= 11 is 0. The number of hydrogen-bond acceptors (Lipinski definition) is 3. The molecule has 4 nitrogen and oxygen atoms in total. The molecule has 0 spiro atoms. The molecule has 0 aromatic heterocycles. The van der Waals surface area contributed by atoms with Crippen molar-refractivity contribution in [1.29, 1.82) is 0 Å². The topological polar surface area (TPSA) is 72.2 Å². The molecule has 4 heteroatoms. The highest BCUT2D eigenvalue weighted by Crippen LogP contribution is 2.33. The summed E-state index contributed by atoms with van der Waals surface area (Å²) in [6, 6.07) is -0.598. The Hall–Kier alpha value is -0.900. The zero-order valence-corrected chi connectivity index (χ0v) is 7.88. The van der Waals surface area contributed by atoms with Gasteiger partial charge in [-0.3, -0.25) is 9.59 Å². The summed E-state index contributed by atoms with van der Waals surface area (Å²) in [4.78, 5) is 22.3. The first-order chi connectivity index (χ1) is 6.15. The lowest BCUT2D eigenvalue weighted by atomic mass is 10.1. The fourth-order valence-electron chi connectivity index (χ4n) is 1.24. The van der Waals surface area contributed by atoms with Gasteiger partial charge in [-0.1, -0.05) is 12.8 Å². The Kier molecular flexibility index (Phi) is 3.42. The fourth-order valence-corrected chi connectivity index (χ4v) is 1.24. The van der Waals surface area contributed by atoms with Gasteiger partial charge in [-0.05, 0) is 19.3 Å². The van der Waals surface area contributed by atoms with Crippen LogP contribution in [0, 0.1) is 5.92 Å². The number of nitrogens with two attached hydrogens (primary N) is 1. The second-order valence-electron chi connectivity index (χ2n) is 3.51. The Labute approximate surface area is 77.9 Å². The number of hydrogen-bond donors (Lipinski definition) is 2. The molecule has 1 saturated carbocycles. The molecule has 0 aliphatic heterocycles. The van der Waals surface area contributed by atoms with Gasteiger partial charge in [0, 0.05) is 6.54 Å². The van der Waals surface area contributed by atoms with E-state index in [9.17, 15) is 9.59 Å². The number of amides is 1.